The number of amides is 1. The molecule has 28 heavy (non-hydrogen) atoms. The van der Waals surface area contributed by atoms with Crippen molar-refractivity contribution in [3.8, 4) is 11.4 Å². The summed E-state index contributed by atoms with van der Waals surface area (Å²) >= 11 is 0. The molecule has 0 unspecified atom stereocenters. The lowest BCUT2D eigenvalue weighted by molar-refractivity contribution is -0.144. The van der Waals surface area contributed by atoms with Crippen LogP contribution in [0.15, 0.2) is 36.5 Å². The number of carboxylic acids is 1. The van der Waals surface area contributed by atoms with Crippen LogP contribution in [0, 0.1) is 5.92 Å². The first kappa shape index (κ1) is 19.9. The summed E-state index contributed by atoms with van der Waals surface area (Å²) in [7, 11) is 1.57. The van der Waals surface area contributed by atoms with Crippen LogP contribution in [0.3, 0.4) is 0 Å². The zero-order valence-corrected chi connectivity index (χ0v) is 16.1. The van der Waals surface area contributed by atoms with Crippen LogP contribution in [0.1, 0.15) is 30.3 Å². The minimum Gasteiger partial charge on any atom is -0.487 e. The number of hydrogen-bond acceptors (Lipinski definition) is 5. The average Bonchev–Trinajstić information content (AvgIpc) is 3.12. The number of carboxylic acid groups (broad SMARTS) is 1. The van der Waals surface area contributed by atoms with E-state index >= 15 is 0 Å². The van der Waals surface area contributed by atoms with Crippen molar-refractivity contribution in [1.29, 1.82) is 0 Å². The molecule has 150 valence electrons. The molecule has 1 N–H and O–H groups in total. The Morgan fingerprint density at radius 2 is 2.00 bits per heavy atom. The molecule has 1 saturated heterocycles. The second-order valence-electron chi connectivity index (χ2n) is 6.79. The van der Waals surface area contributed by atoms with Crippen molar-refractivity contribution in [2.45, 2.75) is 25.8 Å². The van der Waals surface area contributed by atoms with Gasteiger partial charge in [-0.1, -0.05) is 18.2 Å². The summed E-state index contributed by atoms with van der Waals surface area (Å²) < 4.78 is 12.3. The second kappa shape index (κ2) is 8.88. The van der Waals surface area contributed by atoms with Gasteiger partial charge < -0.3 is 19.5 Å². The van der Waals surface area contributed by atoms with Gasteiger partial charge >= 0.3 is 5.97 Å². The van der Waals surface area contributed by atoms with E-state index in [9.17, 15) is 14.7 Å². The Hall–Kier alpha value is -2.87. The van der Waals surface area contributed by atoms with E-state index < -0.39 is 17.9 Å². The van der Waals surface area contributed by atoms with Crippen molar-refractivity contribution in [3.05, 3.63) is 42.2 Å². The molecule has 0 radical (unpaired) electrons. The van der Waals surface area contributed by atoms with Crippen molar-refractivity contribution in [2.24, 2.45) is 5.92 Å². The van der Waals surface area contributed by atoms with Crippen molar-refractivity contribution < 1.29 is 24.2 Å². The minimum absolute atomic E-state index is 0.179. The molecule has 0 aliphatic carbocycles. The Bertz CT molecular complexity index is 821. The maximum atomic E-state index is 13.2. The molecule has 0 saturated carbocycles. The summed E-state index contributed by atoms with van der Waals surface area (Å²) in [5.41, 5.74) is 0.978. The zero-order chi connectivity index (χ0) is 20.1. The fraction of sp³-hybridized carbons (Fsp3) is 0.450. The third-order valence-corrected chi connectivity index (χ3v) is 5.02. The van der Waals surface area contributed by atoms with Crippen LogP contribution in [0.25, 0.3) is 5.69 Å². The summed E-state index contributed by atoms with van der Waals surface area (Å²) in [6.45, 7) is 2.94. The number of para-hydroxylation sites is 1. The Morgan fingerprint density at radius 1 is 1.25 bits per heavy atom. The number of hydrogen-bond donors (Lipinski definition) is 1. The summed E-state index contributed by atoms with van der Waals surface area (Å²) in [6, 6.07) is 9.01. The number of nitrogens with zero attached hydrogens (tertiary/aromatic N) is 3. The molecule has 1 amide bonds. The van der Waals surface area contributed by atoms with Gasteiger partial charge in [0, 0.05) is 19.7 Å². The number of benzene rings is 1. The second-order valence-corrected chi connectivity index (χ2v) is 6.79. The summed E-state index contributed by atoms with van der Waals surface area (Å²) in [4.78, 5) is 26.3. The topological polar surface area (TPSA) is 93.9 Å². The molecule has 8 heteroatoms. The van der Waals surface area contributed by atoms with Crippen LogP contribution in [0.5, 0.6) is 5.75 Å². The average molecular weight is 387 g/mol. The van der Waals surface area contributed by atoms with Crippen molar-refractivity contribution in [1.82, 2.24) is 14.7 Å². The summed E-state index contributed by atoms with van der Waals surface area (Å²) in [5.74, 6) is -1.42. The lowest BCUT2D eigenvalue weighted by atomic mass is 9.90. The quantitative estimate of drug-likeness (QED) is 0.732. The molecule has 0 bridgehead atoms. The molecule has 2 aromatic rings. The standard InChI is InChI=1S/C20H25N3O5/c1-14-16(20(25)26)9-6-10-22(14)19(24)18-17(28-12-11-27-2)13-23(21-18)15-7-4-3-5-8-15/h3-5,7-8,13-14,16H,6,9-12H2,1-2H3,(H,25,26)/t14-,16-/m0/s1. The van der Waals surface area contributed by atoms with Crippen LogP contribution in [-0.4, -0.2) is 64.6 Å². The van der Waals surface area contributed by atoms with E-state index in [1.807, 2.05) is 30.3 Å². The van der Waals surface area contributed by atoms with E-state index in [1.165, 1.54) is 0 Å². The third-order valence-electron chi connectivity index (χ3n) is 5.02. The molecule has 2 heterocycles. The molecule has 0 spiro atoms. The normalized spacial score (nSPS) is 19.4. The van der Waals surface area contributed by atoms with Gasteiger partial charge in [0.25, 0.3) is 5.91 Å². The van der Waals surface area contributed by atoms with Gasteiger partial charge in [0.15, 0.2) is 11.4 Å². The summed E-state index contributed by atoms with van der Waals surface area (Å²) in [5, 5.41) is 13.9. The fourth-order valence-corrected chi connectivity index (χ4v) is 3.46. The molecular weight excluding hydrogens is 362 g/mol. The van der Waals surface area contributed by atoms with Crippen molar-refractivity contribution in [3.63, 3.8) is 0 Å². The fourth-order valence-electron chi connectivity index (χ4n) is 3.46. The number of methoxy groups -OCH3 is 1. The van der Waals surface area contributed by atoms with Gasteiger partial charge in [-0.15, -0.1) is 0 Å². The molecule has 1 aliphatic heterocycles. The maximum Gasteiger partial charge on any atom is 0.308 e. The number of carbonyl (C=O) groups is 2. The van der Waals surface area contributed by atoms with E-state index in [0.29, 0.717) is 31.7 Å². The van der Waals surface area contributed by atoms with Crippen LogP contribution in [0.4, 0.5) is 0 Å². The number of aliphatic carboxylic acids is 1. The molecule has 8 nitrogen and oxygen atoms in total. The van der Waals surface area contributed by atoms with E-state index in [4.69, 9.17) is 9.47 Å². The van der Waals surface area contributed by atoms with Crippen LogP contribution < -0.4 is 4.74 Å². The molecule has 1 aliphatic rings. The molecule has 1 aromatic heterocycles. The number of carbonyl (C=O) groups excluding carboxylic acids is 1. The first-order valence-corrected chi connectivity index (χ1v) is 9.33. The first-order chi connectivity index (χ1) is 13.5. The monoisotopic (exact) mass is 387 g/mol. The predicted molar refractivity (Wildman–Crippen MR) is 102 cm³/mol. The third kappa shape index (κ3) is 4.17. The zero-order valence-electron chi connectivity index (χ0n) is 16.1. The minimum atomic E-state index is -0.878. The molecule has 3 rings (SSSR count). The highest BCUT2D eigenvalue weighted by Crippen LogP contribution is 2.28. The number of rotatable bonds is 7. The van der Waals surface area contributed by atoms with Gasteiger partial charge in [0.2, 0.25) is 0 Å². The highest BCUT2D eigenvalue weighted by molar-refractivity contribution is 5.95. The first-order valence-electron chi connectivity index (χ1n) is 9.33. The Morgan fingerprint density at radius 3 is 2.68 bits per heavy atom. The van der Waals surface area contributed by atoms with E-state index in [0.717, 1.165) is 5.69 Å². The number of aromatic nitrogens is 2. The number of ether oxygens (including phenoxy) is 2. The van der Waals surface area contributed by atoms with Crippen molar-refractivity contribution in [2.75, 3.05) is 26.9 Å². The Kier molecular flexibility index (Phi) is 6.30. The number of piperidine rings is 1. The molecule has 2 atom stereocenters. The van der Waals surface area contributed by atoms with Crippen LogP contribution in [-0.2, 0) is 9.53 Å². The lowest BCUT2D eigenvalue weighted by Gasteiger charge is -2.37. The van der Waals surface area contributed by atoms with Gasteiger partial charge in [-0.25, -0.2) is 4.68 Å². The van der Waals surface area contributed by atoms with E-state index in [-0.39, 0.29) is 18.2 Å². The molecule has 1 fully saturated rings. The highest BCUT2D eigenvalue weighted by Gasteiger charge is 2.37. The Balaban J connectivity index is 1.90. The van der Waals surface area contributed by atoms with Crippen LogP contribution >= 0.6 is 0 Å². The molecular formula is C20H25N3O5. The van der Waals surface area contributed by atoms with Gasteiger partial charge in [-0.2, -0.15) is 5.10 Å². The molecule has 1 aromatic carbocycles. The SMILES string of the molecule is COCCOc1cn(-c2ccccc2)nc1C(=O)N1CCC[C@H](C(=O)O)[C@@H]1C. The maximum absolute atomic E-state index is 13.2. The van der Waals surface area contributed by atoms with Gasteiger partial charge in [0.1, 0.15) is 6.61 Å². The highest BCUT2D eigenvalue weighted by atomic mass is 16.5. The van der Waals surface area contributed by atoms with E-state index in [2.05, 4.69) is 5.10 Å². The summed E-state index contributed by atoms with van der Waals surface area (Å²) in [6.07, 6.45) is 2.88. The lowest BCUT2D eigenvalue weighted by Crippen LogP contribution is -2.49. The van der Waals surface area contributed by atoms with Gasteiger partial charge in [-0.05, 0) is 31.9 Å². The predicted octanol–water partition coefficient (Wildman–Crippen LogP) is 2.22. The smallest absolute Gasteiger partial charge is 0.308 e. The van der Waals surface area contributed by atoms with Crippen LogP contribution in [0.2, 0.25) is 0 Å². The van der Waals surface area contributed by atoms with Gasteiger partial charge in [0.05, 0.1) is 24.4 Å². The largest absolute Gasteiger partial charge is 0.487 e. The Labute approximate surface area is 163 Å². The van der Waals surface area contributed by atoms with E-state index in [1.54, 1.807) is 29.8 Å². The van der Waals surface area contributed by atoms with Crippen molar-refractivity contribution >= 4 is 11.9 Å². The van der Waals surface area contributed by atoms with Gasteiger partial charge in [-0.3, -0.25) is 9.59 Å². The number of likely N-dealkylation sites (tertiary alicyclic amines) is 1.